The van der Waals surface area contributed by atoms with Crippen LogP contribution in [0.2, 0.25) is 5.02 Å². The molecule has 3 aromatic rings. The first kappa shape index (κ1) is 19.7. The van der Waals surface area contributed by atoms with Crippen LogP contribution in [0.15, 0.2) is 53.9 Å². The van der Waals surface area contributed by atoms with E-state index in [0.717, 1.165) is 40.3 Å². The lowest BCUT2D eigenvalue weighted by atomic mass is 10.1. The van der Waals surface area contributed by atoms with Crippen LogP contribution in [0.3, 0.4) is 0 Å². The van der Waals surface area contributed by atoms with E-state index in [2.05, 4.69) is 16.0 Å². The molecule has 4 rings (SSSR count). The Balaban J connectivity index is 1.31. The predicted octanol–water partition coefficient (Wildman–Crippen LogP) is 4.65. The first-order chi connectivity index (χ1) is 14.1. The topological polar surface area (TPSA) is 45.7 Å². The molecule has 0 aliphatic carbocycles. The van der Waals surface area contributed by atoms with Gasteiger partial charge in [-0.05, 0) is 49.4 Å². The second-order valence-electron chi connectivity index (χ2n) is 6.95. The molecule has 0 unspecified atom stereocenters. The number of thiazole rings is 1. The average molecular weight is 428 g/mol. The van der Waals surface area contributed by atoms with Crippen LogP contribution in [0.5, 0.6) is 5.75 Å². The fourth-order valence-electron chi connectivity index (χ4n) is 3.33. The number of nitrogens with zero attached hydrogens (tertiary/aromatic N) is 3. The molecule has 2 aromatic carbocycles. The molecule has 7 heteroatoms. The van der Waals surface area contributed by atoms with E-state index in [1.807, 2.05) is 59.7 Å². The third kappa shape index (κ3) is 4.89. The summed E-state index contributed by atoms with van der Waals surface area (Å²) in [7, 11) is 0. The smallest absolute Gasteiger partial charge is 0.253 e. The van der Waals surface area contributed by atoms with E-state index in [-0.39, 0.29) is 5.91 Å². The zero-order chi connectivity index (χ0) is 20.2. The quantitative estimate of drug-likeness (QED) is 0.594. The molecule has 1 aliphatic rings. The molecular formula is C22H22ClN3O2S. The number of hydrogen-bond donors (Lipinski definition) is 0. The van der Waals surface area contributed by atoms with Gasteiger partial charge in [0.05, 0.1) is 0 Å². The molecule has 1 aliphatic heterocycles. The largest absolute Gasteiger partial charge is 0.486 e. The molecular weight excluding hydrogens is 406 g/mol. The van der Waals surface area contributed by atoms with Crippen LogP contribution in [0.25, 0.3) is 0 Å². The maximum atomic E-state index is 12.8. The van der Waals surface area contributed by atoms with Crippen LogP contribution >= 0.6 is 22.9 Å². The third-order valence-corrected chi connectivity index (χ3v) is 6.05. The molecule has 2 heterocycles. The number of piperazine rings is 1. The molecule has 0 spiro atoms. The molecule has 29 heavy (non-hydrogen) atoms. The van der Waals surface area contributed by atoms with E-state index < -0.39 is 0 Å². The minimum atomic E-state index is 0.0536. The lowest BCUT2D eigenvalue weighted by Crippen LogP contribution is -2.48. The van der Waals surface area contributed by atoms with E-state index in [1.54, 1.807) is 11.3 Å². The number of carbonyl (C=O) groups is 1. The second kappa shape index (κ2) is 8.84. The van der Waals surface area contributed by atoms with Gasteiger partial charge >= 0.3 is 0 Å². The van der Waals surface area contributed by atoms with Gasteiger partial charge in [0.2, 0.25) is 0 Å². The van der Waals surface area contributed by atoms with Crippen molar-refractivity contribution in [3.8, 4) is 5.75 Å². The highest BCUT2D eigenvalue weighted by Gasteiger charge is 2.22. The maximum absolute atomic E-state index is 12.8. The minimum Gasteiger partial charge on any atom is -0.486 e. The van der Waals surface area contributed by atoms with Gasteiger partial charge in [-0.25, -0.2) is 4.98 Å². The van der Waals surface area contributed by atoms with E-state index in [1.165, 1.54) is 0 Å². The molecule has 0 atom stereocenters. The standard InChI is InChI=1S/C22H22ClN3O2S/c1-16-15-29-21(24-16)14-28-20-7-5-17(6-8-20)22(27)26-11-9-25(10-12-26)19-4-2-3-18(23)13-19/h2-8,13,15H,9-12,14H2,1H3. The van der Waals surface area contributed by atoms with Gasteiger partial charge in [-0.2, -0.15) is 0 Å². The first-order valence-electron chi connectivity index (χ1n) is 9.52. The van der Waals surface area contributed by atoms with Crippen molar-refractivity contribution in [2.45, 2.75) is 13.5 Å². The summed E-state index contributed by atoms with van der Waals surface area (Å²) >= 11 is 7.68. The van der Waals surface area contributed by atoms with Crippen LogP contribution in [-0.2, 0) is 6.61 Å². The van der Waals surface area contributed by atoms with Crippen LogP contribution in [0.1, 0.15) is 21.1 Å². The Hall–Kier alpha value is -2.57. The Morgan fingerprint density at radius 1 is 1.14 bits per heavy atom. The van der Waals surface area contributed by atoms with Gasteiger partial charge in [0, 0.05) is 53.5 Å². The minimum absolute atomic E-state index is 0.0536. The molecule has 5 nitrogen and oxygen atoms in total. The summed E-state index contributed by atoms with van der Waals surface area (Å²) in [5, 5.41) is 3.68. The van der Waals surface area contributed by atoms with E-state index in [9.17, 15) is 4.79 Å². The Kier molecular flexibility index (Phi) is 6.02. The van der Waals surface area contributed by atoms with Crippen LogP contribution in [0, 0.1) is 6.92 Å². The van der Waals surface area contributed by atoms with Gasteiger partial charge < -0.3 is 14.5 Å². The number of carbonyl (C=O) groups excluding carboxylic acids is 1. The van der Waals surface area contributed by atoms with E-state index in [4.69, 9.17) is 16.3 Å². The Morgan fingerprint density at radius 3 is 2.55 bits per heavy atom. The number of amides is 1. The molecule has 0 bridgehead atoms. The summed E-state index contributed by atoms with van der Waals surface area (Å²) in [4.78, 5) is 21.4. The predicted molar refractivity (Wildman–Crippen MR) is 117 cm³/mol. The average Bonchev–Trinajstić information content (AvgIpc) is 3.17. The first-order valence-corrected chi connectivity index (χ1v) is 10.8. The number of hydrogen-bond acceptors (Lipinski definition) is 5. The number of aromatic nitrogens is 1. The zero-order valence-electron chi connectivity index (χ0n) is 16.2. The fourth-order valence-corrected chi connectivity index (χ4v) is 4.20. The summed E-state index contributed by atoms with van der Waals surface area (Å²) in [6.45, 7) is 5.37. The van der Waals surface area contributed by atoms with Gasteiger partial charge in [-0.1, -0.05) is 17.7 Å². The Bertz CT molecular complexity index is 982. The molecule has 1 saturated heterocycles. The molecule has 150 valence electrons. The molecule has 1 fully saturated rings. The molecule has 0 saturated carbocycles. The SMILES string of the molecule is Cc1csc(COc2ccc(C(=O)N3CCN(c4cccc(Cl)c4)CC3)cc2)n1. The fraction of sp³-hybridized carbons (Fsp3) is 0.273. The van der Waals surface area contributed by atoms with E-state index >= 15 is 0 Å². The second-order valence-corrected chi connectivity index (χ2v) is 8.33. The number of benzene rings is 2. The zero-order valence-corrected chi connectivity index (χ0v) is 17.7. The highest BCUT2D eigenvalue weighted by Crippen LogP contribution is 2.22. The summed E-state index contributed by atoms with van der Waals surface area (Å²) in [6.07, 6.45) is 0. The summed E-state index contributed by atoms with van der Waals surface area (Å²) in [6, 6.07) is 15.2. The van der Waals surface area contributed by atoms with Crippen molar-refractivity contribution < 1.29 is 9.53 Å². The maximum Gasteiger partial charge on any atom is 0.253 e. The lowest BCUT2D eigenvalue weighted by molar-refractivity contribution is 0.0746. The van der Waals surface area contributed by atoms with Gasteiger partial charge in [-0.3, -0.25) is 4.79 Å². The summed E-state index contributed by atoms with van der Waals surface area (Å²) in [5.41, 5.74) is 2.78. The number of ether oxygens (including phenoxy) is 1. The third-order valence-electron chi connectivity index (χ3n) is 4.87. The van der Waals surface area contributed by atoms with Crippen LogP contribution in [-0.4, -0.2) is 42.0 Å². The van der Waals surface area contributed by atoms with Crippen molar-refractivity contribution in [3.63, 3.8) is 0 Å². The molecule has 0 N–H and O–H groups in total. The van der Waals surface area contributed by atoms with Crippen molar-refractivity contribution >= 4 is 34.5 Å². The van der Waals surface area contributed by atoms with Crippen molar-refractivity contribution in [1.29, 1.82) is 0 Å². The van der Waals surface area contributed by atoms with Crippen molar-refractivity contribution in [3.05, 3.63) is 75.2 Å². The number of anilines is 1. The number of aryl methyl sites for hydroxylation is 1. The molecule has 1 amide bonds. The van der Waals surface area contributed by atoms with Crippen molar-refractivity contribution in [2.24, 2.45) is 0 Å². The van der Waals surface area contributed by atoms with Gasteiger partial charge in [-0.15, -0.1) is 11.3 Å². The monoisotopic (exact) mass is 427 g/mol. The van der Waals surface area contributed by atoms with Gasteiger partial charge in [0.25, 0.3) is 5.91 Å². The summed E-state index contributed by atoms with van der Waals surface area (Å²) in [5.74, 6) is 0.790. The molecule has 1 aromatic heterocycles. The Labute approximate surface area is 179 Å². The van der Waals surface area contributed by atoms with Crippen LogP contribution < -0.4 is 9.64 Å². The van der Waals surface area contributed by atoms with E-state index in [0.29, 0.717) is 25.3 Å². The van der Waals surface area contributed by atoms with Gasteiger partial charge in [0.15, 0.2) is 0 Å². The lowest BCUT2D eigenvalue weighted by Gasteiger charge is -2.36. The Morgan fingerprint density at radius 2 is 1.90 bits per heavy atom. The number of halogens is 1. The van der Waals surface area contributed by atoms with Gasteiger partial charge in [0.1, 0.15) is 17.4 Å². The highest BCUT2D eigenvalue weighted by atomic mass is 35.5. The van der Waals surface area contributed by atoms with Crippen molar-refractivity contribution in [2.75, 3.05) is 31.1 Å². The van der Waals surface area contributed by atoms with Crippen LogP contribution in [0.4, 0.5) is 5.69 Å². The normalized spacial score (nSPS) is 14.1. The number of rotatable bonds is 5. The highest BCUT2D eigenvalue weighted by molar-refractivity contribution is 7.09. The molecule has 0 radical (unpaired) electrons. The summed E-state index contributed by atoms with van der Waals surface area (Å²) < 4.78 is 5.76. The van der Waals surface area contributed by atoms with Crippen molar-refractivity contribution in [1.82, 2.24) is 9.88 Å².